The third-order valence-electron chi connectivity index (χ3n) is 5.42. The van der Waals surface area contributed by atoms with E-state index >= 15 is 0 Å². The Morgan fingerprint density at radius 2 is 1.77 bits per heavy atom. The van der Waals surface area contributed by atoms with Crippen molar-refractivity contribution in [3.63, 3.8) is 0 Å². The van der Waals surface area contributed by atoms with Crippen LogP contribution in [0.1, 0.15) is 34.7 Å². The number of pyridine rings is 1. The molecule has 2 aromatic carbocycles. The molecule has 0 saturated carbocycles. The lowest BCUT2D eigenvalue weighted by Gasteiger charge is -2.32. The zero-order chi connectivity index (χ0) is 22.0. The van der Waals surface area contributed by atoms with Gasteiger partial charge in [0.05, 0.1) is 11.3 Å². The van der Waals surface area contributed by atoms with Crippen LogP contribution in [-0.2, 0) is 0 Å². The van der Waals surface area contributed by atoms with Gasteiger partial charge in [-0.05, 0) is 54.7 Å². The van der Waals surface area contributed by atoms with Crippen LogP contribution >= 0.6 is 34.8 Å². The van der Waals surface area contributed by atoms with Gasteiger partial charge in [-0.3, -0.25) is 4.79 Å². The van der Waals surface area contributed by atoms with E-state index in [-0.39, 0.29) is 21.9 Å². The summed E-state index contributed by atoms with van der Waals surface area (Å²) < 4.78 is 13.2. The van der Waals surface area contributed by atoms with Gasteiger partial charge < -0.3 is 10.2 Å². The minimum Gasteiger partial charge on any atom is -0.353 e. The number of nitrogens with zero attached hydrogens (tertiary/aromatic N) is 2. The van der Waals surface area contributed by atoms with Gasteiger partial charge in [0.2, 0.25) is 0 Å². The van der Waals surface area contributed by atoms with E-state index in [2.05, 4.69) is 10.3 Å². The number of aromatic nitrogens is 1. The van der Waals surface area contributed by atoms with Crippen molar-refractivity contribution in [1.82, 2.24) is 9.88 Å². The summed E-state index contributed by atoms with van der Waals surface area (Å²) in [6.07, 6.45) is 3.03. The monoisotopic (exact) mass is 477 g/mol. The van der Waals surface area contributed by atoms with E-state index in [4.69, 9.17) is 34.8 Å². The van der Waals surface area contributed by atoms with Crippen LogP contribution < -0.4 is 5.32 Å². The lowest BCUT2D eigenvalue weighted by Crippen LogP contribution is -2.38. The maximum atomic E-state index is 13.3. The highest BCUT2D eigenvalue weighted by atomic mass is 35.5. The number of anilines is 2. The number of nitrogens with one attached hydrogen (secondary N) is 1. The predicted molar refractivity (Wildman–Crippen MR) is 123 cm³/mol. The quantitative estimate of drug-likeness (QED) is 0.413. The molecule has 1 amide bonds. The van der Waals surface area contributed by atoms with Crippen LogP contribution in [0.2, 0.25) is 15.2 Å². The van der Waals surface area contributed by atoms with Crippen LogP contribution in [0.4, 0.5) is 15.8 Å². The van der Waals surface area contributed by atoms with Crippen LogP contribution in [0.25, 0.3) is 0 Å². The smallest absolute Gasteiger partial charge is 0.257 e. The van der Waals surface area contributed by atoms with Crippen molar-refractivity contribution < 1.29 is 9.18 Å². The molecule has 4 nitrogen and oxygen atoms in total. The number of amides is 1. The fourth-order valence-corrected chi connectivity index (χ4v) is 4.31. The Balaban J connectivity index is 1.53. The summed E-state index contributed by atoms with van der Waals surface area (Å²) in [6, 6.07) is 13.7. The first-order chi connectivity index (χ1) is 14.9. The molecular weight excluding hydrogens is 460 g/mol. The molecule has 8 heteroatoms. The molecule has 4 rings (SSSR count). The van der Waals surface area contributed by atoms with Gasteiger partial charge in [0.25, 0.3) is 5.91 Å². The second-order valence-corrected chi connectivity index (χ2v) is 8.58. The van der Waals surface area contributed by atoms with Gasteiger partial charge in [0.1, 0.15) is 16.0 Å². The van der Waals surface area contributed by atoms with Gasteiger partial charge in [0, 0.05) is 30.0 Å². The summed E-state index contributed by atoms with van der Waals surface area (Å²) in [6.45, 7) is 1.16. The van der Waals surface area contributed by atoms with Crippen molar-refractivity contribution in [1.29, 1.82) is 0 Å². The normalized spacial score (nSPS) is 14.5. The molecule has 0 bridgehead atoms. The lowest BCUT2D eigenvalue weighted by atomic mass is 9.89. The molecule has 1 N–H and O–H groups in total. The molecule has 1 fully saturated rings. The van der Waals surface area contributed by atoms with Crippen LogP contribution in [0, 0.1) is 5.82 Å². The average Bonchev–Trinajstić information content (AvgIpc) is 2.77. The number of carbonyl (C=O) groups excluding carboxylic acids is 1. The zero-order valence-corrected chi connectivity index (χ0v) is 18.7. The number of piperidine rings is 1. The highest BCUT2D eigenvalue weighted by Gasteiger charge is 2.27. The Morgan fingerprint density at radius 3 is 2.45 bits per heavy atom. The van der Waals surface area contributed by atoms with Crippen LogP contribution in [0.3, 0.4) is 0 Å². The molecule has 1 aliphatic rings. The topological polar surface area (TPSA) is 45.2 Å². The zero-order valence-electron chi connectivity index (χ0n) is 16.4. The first-order valence-electron chi connectivity index (χ1n) is 9.83. The van der Waals surface area contributed by atoms with Crippen LogP contribution in [0.15, 0.2) is 54.7 Å². The second kappa shape index (κ2) is 9.43. The van der Waals surface area contributed by atoms with Crippen molar-refractivity contribution in [2.45, 2.75) is 18.8 Å². The standard InChI is InChI=1S/C23H19Cl3FN3O/c24-16-2-1-3-18(12-16)29-21-19(13-28-22(26)20(21)25)23(31)30-10-8-15(9-11-30)14-4-6-17(27)7-5-14/h1-7,12-13,15H,8-11H2,(H,28,29). The number of hydrogen-bond acceptors (Lipinski definition) is 3. The van der Waals surface area contributed by atoms with Crippen molar-refractivity contribution in [2.24, 2.45) is 0 Å². The van der Waals surface area contributed by atoms with E-state index in [1.165, 1.54) is 18.3 Å². The SMILES string of the molecule is O=C(c1cnc(Cl)c(Cl)c1Nc1cccc(Cl)c1)N1CCC(c2ccc(F)cc2)CC1. The Morgan fingerprint density at radius 1 is 1.06 bits per heavy atom. The largest absolute Gasteiger partial charge is 0.353 e. The van der Waals surface area contributed by atoms with Crippen LogP contribution in [-0.4, -0.2) is 28.9 Å². The molecule has 0 unspecified atom stereocenters. The first-order valence-corrected chi connectivity index (χ1v) is 11.0. The number of halogens is 4. The molecule has 160 valence electrons. The second-order valence-electron chi connectivity index (χ2n) is 7.41. The Bertz CT molecular complexity index is 1100. The summed E-state index contributed by atoms with van der Waals surface area (Å²) in [5.41, 5.74) is 2.51. The maximum Gasteiger partial charge on any atom is 0.257 e. The molecule has 3 aromatic rings. The number of benzene rings is 2. The molecule has 0 spiro atoms. The predicted octanol–water partition coefficient (Wildman–Crippen LogP) is 6.94. The summed E-state index contributed by atoms with van der Waals surface area (Å²) in [5, 5.41) is 4.00. The molecule has 0 atom stereocenters. The van der Waals surface area contributed by atoms with E-state index in [1.54, 1.807) is 23.1 Å². The fraction of sp³-hybridized carbons (Fsp3) is 0.217. The highest BCUT2D eigenvalue weighted by molar-refractivity contribution is 6.43. The van der Waals surface area contributed by atoms with E-state index in [9.17, 15) is 9.18 Å². The number of rotatable bonds is 4. The minimum absolute atomic E-state index is 0.109. The summed E-state index contributed by atoms with van der Waals surface area (Å²) in [7, 11) is 0. The molecule has 1 aromatic heterocycles. The third kappa shape index (κ3) is 4.95. The summed E-state index contributed by atoms with van der Waals surface area (Å²) in [4.78, 5) is 19.1. The number of hydrogen-bond donors (Lipinski definition) is 1. The molecule has 31 heavy (non-hydrogen) atoms. The first kappa shape index (κ1) is 21.9. The van der Waals surface area contributed by atoms with E-state index in [0.717, 1.165) is 18.4 Å². The van der Waals surface area contributed by atoms with Gasteiger partial charge in [-0.15, -0.1) is 0 Å². The molecule has 2 heterocycles. The van der Waals surface area contributed by atoms with Crippen molar-refractivity contribution in [2.75, 3.05) is 18.4 Å². The number of likely N-dealkylation sites (tertiary alicyclic amines) is 1. The molecular formula is C23H19Cl3FN3O. The van der Waals surface area contributed by atoms with Gasteiger partial charge in [0.15, 0.2) is 0 Å². The van der Waals surface area contributed by atoms with Crippen LogP contribution in [0.5, 0.6) is 0 Å². The average molecular weight is 479 g/mol. The van der Waals surface area contributed by atoms with Crippen molar-refractivity contribution >= 4 is 52.1 Å². The fourth-order valence-electron chi connectivity index (χ4n) is 3.78. The summed E-state index contributed by atoms with van der Waals surface area (Å²) >= 11 is 18.6. The number of carbonyl (C=O) groups is 1. The summed E-state index contributed by atoms with van der Waals surface area (Å²) in [5.74, 6) is -0.128. The lowest BCUT2D eigenvalue weighted by molar-refractivity contribution is 0.0713. The molecule has 1 aliphatic heterocycles. The van der Waals surface area contributed by atoms with Gasteiger partial charge in [-0.2, -0.15) is 0 Å². The molecule has 1 saturated heterocycles. The van der Waals surface area contributed by atoms with Crippen molar-refractivity contribution in [3.05, 3.63) is 86.9 Å². The third-order valence-corrected chi connectivity index (χ3v) is 6.41. The van der Waals surface area contributed by atoms with Crippen molar-refractivity contribution in [3.8, 4) is 0 Å². The minimum atomic E-state index is -0.247. The van der Waals surface area contributed by atoms with E-state index in [0.29, 0.717) is 41.0 Å². The van der Waals surface area contributed by atoms with Gasteiger partial charge in [-0.25, -0.2) is 9.37 Å². The molecule has 0 aliphatic carbocycles. The Hall–Kier alpha value is -2.34. The van der Waals surface area contributed by atoms with E-state index < -0.39 is 0 Å². The molecule has 0 radical (unpaired) electrons. The van der Waals surface area contributed by atoms with E-state index in [1.807, 2.05) is 18.2 Å². The maximum absolute atomic E-state index is 13.3. The van der Waals surface area contributed by atoms with Gasteiger partial charge in [-0.1, -0.05) is 53.0 Å². The van der Waals surface area contributed by atoms with Gasteiger partial charge >= 0.3 is 0 Å². The Labute approximate surface area is 194 Å². The Kier molecular flexibility index (Phi) is 6.65. The highest BCUT2D eigenvalue weighted by Crippen LogP contribution is 2.36.